The van der Waals surface area contributed by atoms with Gasteiger partial charge in [-0.2, -0.15) is 0 Å². The van der Waals surface area contributed by atoms with Crippen LogP contribution in [0.2, 0.25) is 0 Å². The molecule has 0 fully saturated rings. The van der Waals surface area contributed by atoms with Crippen LogP contribution in [0.1, 0.15) is 10.4 Å². The number of carboxylic acid groups (broad SMARTS) is 1. The number of carbonyl (C=O) groups is 1. The molecule has 2 rings (SSSR count). The summed E-state index contributed by atoms with van der Waals surface area (Å²) in [6.07, 6.45) is 0. The summed E-state index contributed by atoms with van der Waals surface area (Å²) in [5, 5.41) is 8.87. The molecule has 0 saturated carbocycles. The Hall–Kier alpha value is -1.88. The van der Waals surface area contributed by atoms with Gasteiger partial charge in [0.2, 0.25) is 5.56 Å². The summed E-state index contributed by atoms with van der Waals surface area (Å²) in [5.74, 6) is -1.12. The number of pyridine rings is 1. The van der Waals surface area contributed by atoms with E-state index in [1.807, 2.05) is 12.1 Å². The zero-order chi connectivity index (χ0) is 12.4. The van der Waals surface area contributed by atoms with Gasteiger partial charge in [-0.1, -0.05) is 28.1 Å². The lowest BCUT2D eigenvalue weighted by atomic mass is 10.1. The number of hydrogen-bond acceptors (Lipinski definition) is 2. The highest BCUT2D eigenvalue weighted by Crippen LogP contribution is 2.20. The zero-order valence-corrected chi connectivity index (χ0v) is 10.2. The number of hydrogen-bond donors (Lipinski definition) is 2. The Morgan fingerprint density at radius 3 is 2.65 bits per heavy atom. The van der Waals surface area contributed by atoms with Crippen LogP contribution in [0.15, 0.2) is 45.7 Å². The van der Waals surface area contributed by atoms with E-state index < -0.39 is 11.5 Å². The molecule has 0 saturated heterocycles. The monoisotopic (exact) mass is 293 g/mol. The van der Waals surface area contributed by atoms with E-state index >= 15 is 0 Å². The van der Waals surface area contributed by atoms with Crippen LogP contribution in [0, 0.1) is 0 Å². The van der Waals surface area contributed by atoms with Crippen LogP contribution < -0.4 is 5.56 Å². The average molecular weight is 294 g/mol. The zero-order valence-electron chi connectivity index (χ0n) is 8.61. The molecule has 0 radical (unpaired) electrons. The van der Waals surface area contributed by atoms with Crippen LogP contribution in [0.25, 0.3) is 11.3 Å². The molecule has 0 aliphatic carbocycles. The molecule has 1 aromatic carbocycles. The predicted octanol–water partition coefficient (Wildman–Crippen LogP) is 2.50. The molecule has 4 nitrogen and oxygen atoms in total. The molecular formula is C12H8BrNO3. The van der Waals surface area contributed by atoms with Crippen LogP contribution >= 0.6 is 15.9 Å². The SMILES string of the molecule is O=C(O)c1cc(-c2cccc(Br)c2)[nH]c(=O)c1. The van der Waals surface area contributed by atoms with E-state index in [1.165, 1.54) is 6.07 Å². The second kappa shape index (κ2) is 4.55. The minimum Gasteiger partial charge on any atom is -0.478 e. The highest BCUT2D eigenvalue weighted by atomic mass is 79.9. The van der Waals surface area contributed by atoms with Gasteiger partial charge in [0.15, 0.2) is 0 Å². The summed E-state index contributed by atoms with van der Waals surface area (Å²) < 4.78 is 0.858. The van der Waals surface area contributed by atoms with Crippen molar-refractivity contribution in [3.63, 3.8) is 0 Å². The average Bonchev–Trinajstić information content (AvgIpc) is 2.28. The van der Waals surface area contributed by atoms with Crippen molar-refractivity contribution in [2.75, 3.05) is 0 Å². The van der Waals surface area contributed by atoms with E-state index in [0.29, 0.717) is 5.69 Å². The lowest BCUT2D eigenvalue weighted by molar-refractivity contribution is 0.0696. The van der Waals surface area contributed by atoms with Crippen LogP contribution in [0.5, 0.6) is 0 Å². The van der Waals surface area contributed by atoms with E-state index in [-0.39, 0.29) is 5.56 Å². The summed E-state index contributed by atoms with van der Waals surface area (Å²) >= 11 is 3.32. The van der Waals surface area contributed by atoms with E-state index in [0.717, 1.165) is 16.1 Å². The number of H-pyrrole nitrogens is 1. The lowest BCUT2D eigenvalue weighted by Crippen LogP contribution is -2.10. The molecule has 0 aliphatic heterocycles. The molecule has 1 aromatic heterocycles. The fourth-order valence-electron chi connectivity index (χ4n) is 1.48. The minimum absolute atomic E-state index is 0.0243. The van der Waals surface area contributed by atoms with Gasteiger partial charge >= 0.3 is 5.97 Å². The van der Waals surface area contributed by atoms with Gasteiger partial charge in [-0.05, 0) is 23.8 Å². The second-order valence-electron chi connectivity index (χ2n) is 3.46. The molecule has 0 bridgehead atoms. The molecular weight excluding hydrogens is 286 g/mol. The Balaban J connectivity index is 2.60. The Kier molecular flexibility index (Phi) is 3.10. The van der Waals surface area contributed by atoms with Gasteiger partial charge < -0.3 is 10.1 Å². The maximum Gasteiger partial charge on any atom is 0.335 e. The maximum atomic E-state index is 11.3. The highest BCUT2D eigenvalue weighted by molar-refractivity contribution is 9.10. The van der Waals surface area contributed by atoms with E-state index in [1.54, 1.807) is 12.1 Å². The number of rotatable bonds is 2. The first-order valence-corrected chi connectivity index (χ1v) is 5.59. The molecule has 0 atom stereocenters. The van der Waals surface area contributed by atoms with Crippen molar-refractivity contribution in [1.82, 2.24) is 4.98 Å². The quantitative estimate of drug-likeness (QED) is 0.894. The molecule has 2 N–H and O–H groups in total. The van der Waals surface area contributed by atoms with Gasteiger partial charge in [0.25, 0.3) is 0 Å². The van der Waals surface area contributed by atoms with E-state index in [4.69, 9.17) is 5.11 Å². The third-order valence-electron chi connectivity index (χ3n) is 2.23. The highest BCUT2D eigenvalue weighted by Gasteiger charge is 2.07. The number of benzene rings is 1. The van der Waals surface area contributed by atoms with E-state index in [2.05, 4.69) is 20.9 Å². The third-order valence-corrected chi connectivity index (χ3v) is 2.72. The first kappa shape index (κ1) is 11.6. The smallest absolute Gasteiger partial charge is 0.335 e. The summed E-state index contributed by atoms with van der Waals surface area (Å²) in [4.78, 5) is 24.8. The van der Waals surface area contributed by atoms with Gasteiger partial charge in [-0.3, -0.25) is 4.79 Å². The molecule has 86 valence electrons. The van der Waals surface area contributed by atoms with E-state index in [9.17, 15) is 9.59 Å². The van der Waals surface area contributed by atoms with Crippen molar-refractivity contribution in [1.29, 1.82) is 0 Å². The van der Waals surface area contributed by atoms with Gasteiger partial charge in [-0.25, -0.2) is 4.79 Å². The van der Waals surface area contributed by atoms with Crippen LogP contribution in [-0.2, 0) is 0 Å². The lowest BCUT2D eigenvalue weighted by Gasteiger charge is -2.03. The number of aromatic nitrogens is 1. The third kappa shape index (κ3) is 2.62. The number of aromatic carboxylic acids is 1. The first-order valence-electron chi connectivity index (χ1n) is 4.80. The summed E-state index contributed by atoms with van der Waals surface area (Å²) in [7, 11) is 0. The van der Waals surface area contributed by atoms with Gasteiger partial charge in [0.05, 0.1) is 5.56 Å². The first-order chi connectivity index (χ1) is 8.06. The standard InChI is InChI=1S/C12H8BrNO3/c13-9-3-1-2-7(4-9)10-5-8(12(16)17)6-11(15)14-10/h1-6H,(H,14,15)(H,16,17). The predicted molar refractivity (Wildman–Crippen MR) is 67.2 cm³/mol. The Bertz CT molecular complexity index is 634. The minimum atomic E-state index is -1.12. The Morgan fingerprint density at radius 2 is 2.00 bits per heavy atom. The Morgan fingerprint density at radius 1 is 1.24 bits per heavy atom. The fraction of sp³-hybridized carbons (Fsp3) is 0. The topological polar surface area (TPSA) is 70.2 Å². The number of halogens is 1. The normalized spacial score (nSPS) is 10.2. The van der Waals surface area contributed by atoms with Crippen molar-refractivity contribution in [2.24, 2.45) is 0 Å². The molecule has 0 aliphatic rings. The number of nitrogens with one attached hydrogen (secondary N) is 1. The second-order valence-corrected chi connectivity index (χ2v) is 4.38. The summed E-state index contributed by atoms with van der Waals surface area (Å²) in [6.45, 7) is 0. The number of carboxylic acids is 1. The van der Waals surface area contributed by atoms with Gasteiger partial charge in [0.1, 0.15) is 0 Å². The summed E-state index contributed by atoms with van der Waals surface area (Å²) in [5.41, 5.74) is 0.777. The molecule has 5 heteroatoms. The number of aromatic amines is 1. The van der Waals surface area contributed by atoms with Gasteiger partial charge in [-0.15, -0.1) is 0 Å². The van der Waals surface area contributed by atoms with Gasteiger partial charge in [0, 0.05) is 16.2 Å². The largest absolute Gasteiger partial charge is 0.478 e. The van der Waals surface area contributed by atoms with Crippen molar-refractivity contribution in [2.45, 2.75) is 0 Å². The van der Waals surface area contributed by atoms with Crippen molar-refractivity contribution >= 4 is 21.9 Å². The maximum absolute atomic E-state index is 11.3. The molecule has 1 heterocycles. The summed E-state index contributed by atoms with van der Waals surface area (Å²) in [6, 6.07) is 9.75. The van der Waals surface area contributed by atoms with Crippen LogP contribution in [0.3, 0.4) is 0 Å². The van der Waals surface area contributed by atoms with Crippen molar-refractivity contribution < 1.29 is 9.90 Å². The van der Waals surface area contributed by atoms with Crippen LogP contribution in [-0.4, -0.2) is 16.1 Å². The molecule has 17 heavy (non-hydrogen) atoms. The molecule has 0 unspecified atom stereocenters. The van der Waals surface area contributed by atoms with Crippen molar-refractivity contribution in [3.05, 3.63) is 56.8 Å². The molecule has 2 aromatic rings. The van der Waals surface area contributed by atoms with Crippen LogP contribution in [0.4, 0.5) is 0 Å². The molecule has 0 amide bonds. The fourth-order valence-corrected chi connectivity index (χ4v) is 1.88. The molecule has 0 spiro atoms. The Labute approximate surface area is 105 Å². The van der Waals surface area contributed by atoms with Crippen molar-refractivity contribution in [3.8, 4) is 11.3 Å².